The Morgan fingerprint density at radius 1 is 0.292 bits per heavy atom. The van der Waals surface area contributed by atoms with E-state index in [9.17, 15) is 0 Å². The molecule has 2 heteroatoms. The first kappa shape index (κ1) is 36.1. The van der Waals surface area contributed by atoms with Crippen LogP contribution in [0.25, 0.3) is 82.4 Å². The topological polar surface area (TPSA) is 8.17 Å². The molecule has 1 spiro atoms. The fourth-order valence-electron chi connectivity index (χ4n) is 11.9. The second kappa shape index (κ2) is 13.8. The smallest absolute Gasteiger partial charge is 0.0725 e. The molecule has 0 aliphatic heterocycles. The highest BCUT2D eigenvalue weighted by molar-refractivity contribution is 6.21. The lowest BCUT2D eigenvalue weighted by molar-refractivity contribution is 0.794. The summed E-state index contributed by atoms with van der Waals surface area (Å²) in [5.74, 6) is 0. The Balaban J connectivity index is 1.03. The molecule has 65 heavy (non-hydrogen) atoms. The SMILES string of the molecule is c1ccc(N(c2ccccc2)c2ccc3c4ccccc4n(-c4c5ccccc5c(-c5ccc6c(c5)-c5ccccc5C65c6ccccc6-c6ccccc65)c5ccccc45)c3c2)cc1. The van der Waals surface area contributed by atoms with Crippen molar-refractivity contribution in [1.29, 1.82) is 0 Å². The van der Waals surface area contributed by atoms with Gasteiger partial charge >= 0.3 is 0 Å². The van der Waals surface area contributed by atoms with E-state index in [1.54, 1.807) is 0 Å². The van der Waals surface area contributed by atoms with Crippen LogP contribution in [0.5, 0.6) is 0 Å². The van der Waals surface area contributed by atoms with Crippen LogP contribution in [0.3, 0.4) is 0 Å². The van der Waals surface area contributed by atoms with Crippen molar-refractivity contribution in [2.45, 2.75) is 5.41 Å². The van der Waals surface area contributed by atoms with Gasteiger partial charge in [-0.2, -0.15) is 0 Å². The Hall–Kier alpha value is -8.46. The molecule has 302 valence electrons. The standard InChI is InChI=1S/C63H40N2/c1-3-19-42(20-4-1)64(43-21-5-2-6-22-43)44-36-37-49-48-26-14-18-34-59(48)65(60(49)40-44)62-52-29-9-7-27-50(52)61(51-28-8-10-30-53(51)62)41-35-38-58-54(39-41)47-25-13-17-33-57(47)63(58)55-31-15-11-23-45(55)46-24-12-16-32-56(46)63/h1-40H. The van der Waals surface area contributed by atoms with Crippen LogP contribution in [0.2, 0.25) is 0 Å². The van der Waals surface area contributed by atoms with E-state index in [1.165, 1.54) is 105 Å². The predicted molar refractivity (Wildman–Crippen MR) is 272 cm³/mol. The van der Waals surface area contributed by atoms with Crippen LogP contribution in [0.15, 0.2) is 243 Å². The lowest BCUT2D eigenvalue weighted by Crippen LogP contribution is -2.25. The summed E-state index contributed by atoms with van der Waals surface area (Å²) in [6.07, 6.45) is 0. The van der Waals surface area contributed by atoms with Crippen LogP contribution in [0.4, 0.5) is 17.1 Å². The highest BCUT2D eigenvalue weighted by atomic mass is 15.1. The molecule has 11 aromatic carbocycles. The van der Waals surface area contributed by atoms with Crippen LogP contribution >= 0.6 is 0 Å². The van der Waals surface area contributed by atoms with E-state index in [0.717, 1.165) is 17.1 Å². The van der Waals surface area contributed by atoms with Crippen molar-refractivity contribution in [3.05, 3.63) is 265 Å². The van der Waals surface area contributed by atoms with Gasteiger partial charge in [-0.05, 0) is 115 Å². The molecule has 1 heterocycles. The second-order valence-electron chi connectivity index (χ2n) is 17.5. The zero-order chi connectivity index (χ0) is 42.6. The molecule has 0 saturated heterocycles. The fraction of sp³-hybridized carbons (Fsp3) is 0.0159. The summed E-state index contributed by atoms with van der Waals surface area (Å²) in [7, 11) is 0. The van der Waals surface area contributed by atoms with Crippen molar-refractivity contribution in [3.63, 3.8) is 0 Å². The lowest BCUT2D eigenvalue weighted by Gasteiger charge is -2.30. The zero-order valence-corrected chi connectivity index (χ0v) is 35.5. The molecule has 2 aliphatic rings. The molecule has 0 fully saturated rings. The summed E-state index contributed by atoms with van der Waals surface area (Å²) in [6, 6.07) is 90.0. The van der Waals surface area contributed by atoms with Gasteiger partial charge < -0.3 is 9.47 Å². The van der Waals surface area contributed by atoms with Crippen molar-refractivity contribution < 1.29 is 0 Å². The van der Waals surface area contributed by atoms with Crippen molar-refractivity contribution in [3.8, 4) is 39.1 Å². The molecule has 1 aromatic heterocycles. The van der Waals surface area contributed by atoms with Crippen molar-refractivity contribution in [2.24, 2.45) is 0 Å². The van der Waals surface area contributed by atoms with Gasteiger partial charge in [-0.25, -0.2) is 0 Å². The molecule has 2 nitrogen and oxygen atoms in total. The highest BCUT2D eigenvalue weighted by Gasteiger charge is 2.51. The summed E-state index contributed by atoms with van der Waals surface area (Å²) in [5.41, 5.74) is 19.7. The van der Waals surface area contributed by atoms with Gasteiger partial charge in [0.25, 0.3) is 0 Å². The maximum atomic E-state index is 2.54. The zero-order valence-electron chi connectivity index (χ0n) is 35.5. The van der Waals surface area contributed by atoms with Crippen LogP contribution in [-0.2, 0) is 5.41 Å². The third kappa shape index (κ3) is 4.94. The maximum absolute atomic E-state index is 2.54. The average Bonchev–Trinajstić information content (AvgIpc) is 3.97. The molecule has 0 saturated carbocycles. The van der Waals surface area contributed by atoms with Crippen LogP contribution in [0.1, 0.15) is 22.3 Å². The Morgan fingerprint density at radius 3 is 1.32 bits per heavy atom. The number of hydrogen-bond donors (Lipinski definition) is 0. The predicted octanol–water partition coefficient (Wildman–Crippen LogP) is 16.6. The molecule has 0 bridgehead atoms. The van der Waals surface area contributed by atoms with Crippen LogP contribution in [-0.4, -0.2) is 4.57 Å². The summed E-state index contributed by atoms with van der Waals surface area (Å²) in [5, 5.41) is 7.36. The van der Waals surface area contributed by atoms with Gasteiger partial charge in [-0.1, -0.05) is 194 Å². The summed E-state index contributed by atoms with van der Waals surface area (Å²) in [6.45, 7) is 0. The number of rotatable bonds is 5. The average molecular weight is 825 g/mol. The second-order valence-corrected chi connectivity index (χ2v) is 17.5. The minimum Gasteiger partial charge on any atom is -0.310 e. The number of nitrogens with zero attached hydrogens (tertiary/aromatic N) is 2. The van der Waals surface area contributed by atoms with E-state index in [4.69, 9.17) is 0 Å². The molecule has 0 radical (unpaired) electrons. The van der Waals surface area contributed by atoms with Crippen molar-refractivity contribution in [2.75, 3.05) is 4.90 Å². The van der Waals surface area contributed by atoms with Crippen LogP contribution in [0, 0.1) is 0 Å². The van der Waals surface area contributed by atoms with Gasteiger partial charge in [0.05, 0.1) is 22.1 Å². The Kier molecular flexibility index (Phi) is 7.64. The van der Waals surface area contributed by atoms with Crippen molar-refractivity contribution in [1.82, 2.24) is 4.57 Å². The van der Waals surface area contributed by atoms with E-state index in [-0.39, 0.29) is 5.41 Å². The summed E-state index contributed by atoms with van der Waals surface area (Å²) < 4.78 is 2.54. The van der Waals surface area contributed by atoms with Gasteiger partial charge in [-0.3, -0.25) is 0 Å². The van der Waals surface area contributed by atoms with Crippen molar-refractivity contribution >= 4 is 60.4 Å². The van der Waals surface area contributed by atoms with E-state index in [2.05, 4.69) is 252 Å². The molecule has 0 unspecified atom stereocenters. The third-order valence-electron chi connectivity index (χ3n) is 14.4. The van der Waals surface area contributed by atoms with Gasteiger partial charge in [0.15, 0.2) is 0 Å². The molecule has 12 aromatic rings. The molecule has 2 aliphatic carbocycles. The Labute approximate surface area is 377 Å². The minimum atomic E-state index is -0.377. The molecular weight excluding hydrogens is 785 g/mol. The van der Waals surface area contributed by atoms with E-state index < -0.39 is 0 Å². The number of benzene rings is 11. The molecule has 14 rings (SSSR count). The first-order chi connectivity index (χ1) is 32.3. The minimum absolute atomic E-state index is 0.377. The maximum Gasteiger partial charge on any atom is 0.0725 e. The molecular formula is C63H40N2. The Morgan fingerprint density at radius 2 is 0.738 bits per heavy atom. The fourth-order valence-corrected chi connectivity index (χ4v) is 11.9. The van der Waals surface area contributed by atoms with Gasteiger partial charge in [-0.15, -0.1) is 0 Å². The first-order valence-electron chi connectivity index (χ1n) is 22.6. The number of anilines is 3. The monoisotopic (exact) mass is 824 g/mol. The number of hydrogen-bond acceptors (Lipinski definition) is 1. The van der Waals surface area contributed by atoms with E-state index in [1.807, 2.05) is 0 Å². The third-order valence-corrected chi connectivity index (χ3v) is 14.4. The Bertz CT molecular complexity index is 3750. The first-order valence-corrected chi connectivity index (χ1v) is 22.6. The quantitative estimate of drug-likeness (QED) is 0.157. The van der Waals surface area contributed by atoms with Gasteiger partial charge in [0.1, 0.15) is 0 Å². The molecule has 0 amide bonds. The molecule has 0 N–H and O–H groups in total. The number of fused-ring (bicyclic) bond motifs is 15. The normalized spacial score (nSPS) is 13.0. The van der Waals surface area contributed by atoms with Crippen LogP contribution < -0.4 is 4.90 Å². The lowest BCUT2D eigenvalue weighted by atomic mass is 9.70. The van der Waals surface area contributed by atoms with Gasteiger partial charge in [0, 0.05) is 38.6 Å². The number of para-hydroxylation sites is 3. The largest absolute Gasteiger partial charge is 0.310 e. The molecule has 0 atom stereocenters. The highest BCUT2D eigenvalue weighted by Crippen LogP contribution is 2.63. The summed E-state index contributed by atoms with van der Waals surface area (Å²) >= 11 is 0. The number of aromatic nitrogens is 1. The van der Waals surface area contributed by atoms with E-state index >= 15 is 0 Å². The van der Waals surface area contributed by atoms with E-state index in [0.29, 0.717) is 0 Å². The summed E-state index contributed by atoms with van der Waals surface area (Å²) in [4.78, 5) is 2.36. The van der Waals surface area contributed by atoms with Gasteiger partial charge in [0.2, 0.25) is 0 Å².